The molecule has 1 aromatic carbocycles. The molecule has 0 unspecified atom stereocenters. The van der Waals surface area contributed by atoms with Gasteiger partial charge in [0.05, 0.1) is 25.5 Å². The molecule has 0 aliphatic heterocycles. The molecule has 22 heavy (non-hydrogen) atoms. The number of amides is 1. The van der Waals surface area contributed by atoms with Crippen LogP contribution in [-0.4, -0.2) is 50.9 Å². The van der Waals surface area contributed by atoms with Gasteiger partial charge in [0.15, 0.2) is 5.69 Å². The van der Waals surface area contributed by atoms with Crippen LogP contribution in [0.2, 0.25) is 0 Å². The minimum atomic E-state index is -0.490. The maximum atomic E-state index is 11.9. The van der Waals surface area contributed by atoms with Crippen molar-refractivity contribution in [2.75, 3.05) is 19.8 Å². The van der Waals surface area contributed by atoms with E-state index in [4.69, 9.17) is 9.84 Å². The first kappa shape index (κ1) is 15.9. The summed E-state index contributed by atoms with van der Waals surface area (Å²) in [7, 11) is 0. The number of carbonyl (C=O) groups excluding carboxylic acids is 1. The molecule has 0 aliphatic carbocycles. The fraction of sp³-hybridized carbons (Fsp3) is 0.357. The monoisotopic (exact) mass is 306 g/mol. The number of nitrogens with zero attached hydrogens (tertiary/aromatic N) is 3. The topological polar surface area (TPSA) is 110 Å². The molecule has 0 aliphatic rings. The number of aliphatic hydroxyl groups excluding tert-OH is 2. The first-order valence-corrected chi connectivity index (χ1v) is 6.89. The number of rotatable bonds is 7. The minimum absolute atomic E-state index is 0.0323. The van der Waals surface area contributed by atoms with Gasteiger partial charge in [0.25, 0.3) is 5.91 Å². The third-order valence-corrected chi connectivity index (χ3v) is 2.82. The number of hydrogen-bond donors (Lipinski definition) is 3. The second-order valence-electron chi connectivity index (χ2n) is 4.35. The molecule has 2 rings (SSSR count). The molecule has 0 spiro atoms. The van der Waals surface area contributed by atoms with Gasteiger partial charge in [-0.25, -0.2) is 0 Å². The summed E-state index contributed by atoms with van der Waals surface area (Å²) in [5.41, 5.74) is 0.841. The molecular weight excluding hydrogens is 288 g/mol. The van der Waals surface area contributed by atoms with Gasteiger partial charge in [-0.2, -0.15) is 4.80 Å². The van der Waals surface area contributed by atoms with E-state index in [2.05, 4.69) is 15.5 Å². The maximum Gasteiger partial charge on any atom is 0.273 e. The number of aliphatic hydroxyl groups is 2. The van der Waals surface area contributed by atoms with Crippen molar-refractivity contribution in [1.82, 2.24) is 20.3 Å². The lowest BCUT2D eigenvalue weighted by Crippen LogP contribution is -2.27. The van der Waals surface area contributed by atoms with E-state index in [1.165, 1.54) is 4.80 Å². The van der Waals surface area contributed by atoms with Crippen molar-refractivity contribution in [3.05, 3.63) is 35.7 Å². The average Bonchev–Trinajstić information content (AvgIpc) is 2.98. The minimum Gasteiger partial charge on any atom is -0.494 e. The largest absolute Gasteiger partial charge is 0.494 e. The fourth-order valence-electron chi connectivity index (χ4n) is 1.83. The number of ether oxygens (including phenoxy) is 1. The number of aromatic nitrogens is 3. The third kappa shape index (κ3) is 3.60. The van der Waals surface area contributed by atoms with Crippen LogP contribution in [0.1, 0.15) is 23.1 Å². The Kier molecular flexibility index (Phi) is 5.45. The summed E-state index contributed by atoms with van der Waals surface area (Å²) in [5, 5.41) is 28.7. The lowest BCUT2D eigenvalue weighted by molar-refractivity contribution is 0.0936. The Labute approximate surface area is 127 Å². The van der Waals surface area contributed by atoms with Crippen LogP contribution < -0.4 is 10.1 Å². The molecule has 8 nitrogen and oxygen atoms in total. The van der Waals surface area contributed by atoms with Gasteiger partial charge < -0.3 is 20.3 Å². The number of hydrogen-bond acceptors (Lipinski definition) is 6. The molecule has 1 aromatic heterocycles. The van der Waals surface area contributed by atoms with Gasteiger partial charge in [0, 0.05) is 6.54 Å². The van der Waals surface area contributed by atoms with Gasteiger partial charge in [-0.3, -0.25) is 4.79 Å². The van der Waals surface area contributed by atoms with Crippen LogP contribution in [0, 0.1) is 0 Å². The number of nitrogens with one attached hydrogen (secondary N) is 1. The van der Waals surface area contributed by atoms with Crippen molar-refractivity contribution in [1.29, 1.82) is 0 Å². The Morgan fingerprint density at radius 2 is 2.00 bits per heavy atom. The van der Waals surface area contributed by atoms with Crippen molar-refractivity contribution < 1.29 is 19.7 Å². The molecule has 1 heterocycles. The first-order valence-electron chi connectivity index (χ1n) is 6.89. The molecule has 0 atom stereocenters. The number of benzene rings is 1. The third-order valence-electron chi connectivity index (χ3n) is 2.82. The predicted octanol–water partition coefficient (Wildman–Crippen LogP) is -0.120. The summed E-state index contributed by atoms with van der Waals surface area (Å²) in [4.78, 5) is 13.2. The fourth-order valence-corrected chi connectivity index (χ4v) is 1.83. The molecule has 2 aromatic rings. The van der Waals surface area contributed by atoms with E-state index in [0.717, 1.165) is 5.75 Å². The summed E-state index contributed by atoms with van der Waals surface area (Å²) in [6.45, 7) is 2.00. The van der Waals surface area contributed by atoms with Gasteiger partial charge in [0.1, 0.15) is 11.4 Å². The van der Waals surface area contributed by atoms with Crippen LogP contribution >= 0.6 is 0 Å². The van der Waals surface area contributed by atoms with E-state index in [1.54, 1.807) is 24.3 Å². The second kappa shape index (κ2) is 7.53. The maximum absolute atomic E-state index is 11.9. The van der Waals surface area contributed by atoms with E-state index in [9.17, 15) is 9.90 Å². The van der Waals surface area contributed by atoms with E-state index in [-0.39, 0.29) is 24.5 Å². The number of carbonyl (C=O) groups is 1. The summed E-state index contributed by atoms with van der Waals surface area (Å²) in [6, 6.07) is 7.04. The molecule has 1 amide bonds. The lowest BCUT2D eigenvalue weighted by atomic mass is 10.3. The molecule has 0 fully saturated rings. The Morgan fingerprint density at radius 3 is 2.59 bits per heavy atom. The van der Waals surface area contributed by atoms with E-state index in [1.807, 2.05) is 6.92 Å². The molecule has 8 heteroatoms. The quantitative estimate of drug-likeness (QED) is 0.658. The van der Waals surface area contributed by atoms with Crippen molar-refractivity contribution in [3.63, 3.8) is 0 Å². The van der Waals surface area contributed by atoms with Crippen LogP contribution in [0.15, 0.2) is 24.3 Å². The molecule has 118 valence electrons. The summed E-state index contributed by atoms with van der Waals surface area (Å²) >= 11 is 0. The van der Waals surface area contributed by atoms with Gasteiger partial charge in [-0.15, -0.1) is 10.2 Å². The summed E-state index contributed by atoms with van der Waals surface area (Å²) in [5.74, 6) is 0.233. The highest BCUT2D eigenvalue weighted by Crippen LogP contribution is 2.15. The molecule has 0 bridgehead atoms. The van der Waals surface area contributed by atoms with Crippen molar-refractivity contribution >= 4 is 5.91 Å². The van der Waals surface area contributed by atoms with Gasteiger partial charge in [-0.05, 0) is 31.2 Å². The Bertz CT molecular complexity index is 624. The Balaban J connectivity index is 2.24. The molecular formula is C14H18N4O4. The van der Waals surface area contributed by atoms with Crippen molar-refractivity contribution in [2.45, 2.75) is 13.5 Å². The van der Waals surface area contributed by atoms with E-state index in [0.29, 0.717) is 12.3 Å². The molecule has 3 N–H and O–H groups in total. The standard InChI is InChI=1S/C14H18N4O4/c1-2-22-11-5-3-10(4-6-11)18-16-12(9-20)13(17-18)14(21)15-7-8-19/h3-6,19-20H,2,7-9H2,1H3,(H,15,21). The molecule has 0 saturated carbocycles. The van der Waals surface area contributed by atoms with Gasteiger partial charge in [-0.1, -0.05) is 0 Å². The zero-order valence-corrected chi connectivity index (χ0v) is 12.2. The SMILES string of the molecule is CCOc1ccc(-n2nc(CO)c(C(=O)NCCO)n2)cc1. The highest BCUT2D eigenvalue weighted by atomic mass is 16.5. The van der Waals surface area contributed by atoms with Gasteiger partial charge in [0.2, 0.25) is 0 Å². The normalized spacial score (nSPS) is 10.5. The Morgan fingerprint density at radius 1 is 1.27 bits per heavy atom. The average molecular weight is 306 g/mol. The predicted molar refractivity (Wildman–Crippen MR) is 77.9 cm³/mol. The highest BCUT2D eigenvalue weighted by Gasteiger charge is 2.18. The van der Waals surface area contributed by atoms with Crippen LogP contribution in [0.25, 0.3) is 5.69 Å². The van der Waals surface area contributed by atoms with Crippen LogP contribution in [0.5, 0.6) is 5.75 Å². The summed E-state index contributed by atoms with van der Waals surface area (Å²) in [6.07, 6.45) is 0. The smallest absolute Gasteiger partial charge is 0.273 e. The highest BCUT2D eigenvalue weighted by molar-refractivity contribution is 5.93. The Hall–Kier alpha value is -2.45. The second-order valence-corrected chi connectivity index (χ2v) is 4.35. The van der Waals surface area contributed by atoms with Crippen LogP contribution in [0.4, 0.5) is 0 Å². The zero-order chi connectivity index (χ0) is 15.9. The van der Waals surface area contributed by atoms with Crippen molar-refractivity contribution in [3.8, 4) is 11.4 Å². The van der Waals surface area contributed by atoms with Crippen LogP contribution in [-0.2, 0) is 6.61 Å². The molecule has 0 radical (unpaired) electrons. The van der Waals surface area contributed by atoms with E-state index >= 15 is 0 Å². The summed E-state index contributed by atoms with van der Waals surface area (Å²) < 4.78 is 5.35. The van der Waals surface area contributed by atoms with Crippen molar-refractivity contribution in [2.24, 2.45) is 0 Å². The van der Waals surface area contributed by atoms with E-state index < -0.39 is 12.5 Å². The van der Waals surface area contributed by atoms with Crippen LogP contribution in [0.3, 0.4) is 0 Å². The zero-order valence-electron chi connectivity index (χ0n) is 12.2. The first-order chi connectivity index (χ1) is 10.7. The lowest BCUT2D eigenvalue weighted by Gasteiger charge is -2.04. The molecule has 0 saturated heterocycles. The van der Waals surface area contributed by atoms with Gasteiger partial charge >= 0.3 is 0 Å².